The molecule has 1 aromatic carbocycles. The Bertz CT molecular complexity index is 471. The summed E-state index contributed by atoms with van der Waals surface area (Å²) in [6.07, 6.45) is 0. The zero-order chi connectivity index (χ0) is 10.7. The van der Waals surface area contributed by atoms with Crippen LogP contribution in [0.4, 0.5) is 0 Å². The molecule has 1 aromatic heterocycles. The predicted octanol–water partition coefficient (Wildman–Crippen LogP) is 2.77. The van der Waals surface area contributed by atoms with Crippen LogP contribution in [0.2, 0.25) is 0 Å². The molecule has 2 aromatic rings. The van der Waals surface area contributed by atoms with E-state index in [0.29, 0.717) is 0 Å². The zero-order valence-corrected chi connectivity index (χ0v) is 9.29. The first-order valence-electron chi connectivity index (χ1n) is 4.71. The van der Waals surface area contributed by atoms with E-state index in [1.54, 1.807) is 11.3 Å². The van der Waals surface area contributed by atoms with Crippen molar-refractivity contribution in [1.29, 1.82) is 0 Å². The largest absolute Gasteiger partial charge is 0.323 e. The molecule has 0 fully saturated rings. The Labute approximate surface area is 93.1 Å². The second kappa shape index (κ2) is 4.28. The fraction of sp³-hybridized carbons (Fsp3) is 0.0833. The van der Waals surface area contributed by atoms with E-state index in [0.717, 1.165) is 16.2 Å². The highest BCUT2D eigenvalue weighted by atomic mass is 32.1. The van der Waals surface area contributed by atoms with Crippen molar-refractivity contribution in [2.24, 2.45) is 10.9 Å². The third kappa shape index (κ3) is 2.07. The van der Waals surface area contributed by atoms with Gasteiger partial charge in [-0.05, 0) is 19.1 Å². The van der Waals surface area contributed by atoms with Crippen molar-refractivity contribution in [3.63, 3.8) is 0 Å². The van der Waals surface area contributed by atoms with E-state index in [-0.39, 0.29) is 0 Å². The normalized spacial score (nSPS) is 11.7. The standard InChI is InChI=1S/C12H12N2S/c1-9-7-8-11(15-9)12(14-13)10-5-3-2-4-6-10/h2-8H,13H2,1H3. The van der Waals surface area contributed by atoms with Gasteiger partial charge in [0.15, 0.2) is 0 Å². The molecular formula is C12H12N2S. The number of nitrogens with zero attached hydrogens (tertiary/aromatic N) is 1. The van der Waals surface area contributed by atoms with Gasteiger partial charge in [-0.25, -0.2) is 0 Å². The smallest absolute Gasteiger partial charge is 0.107 e. The van der Waals surface area contributed by atoms with Gasteiger partial charge < -0.3 is 5.84 Å². The van der Waals surface area contributed by atoms with E-state index in [1.807, 2.05) is 30.3 Å². The first-order valence-corrected chi connectivity index (χ1v) is 5.53. The van der Waals surface area contributed by atoms with Crippen molar-refractivity contribution in [2.45, 2.75) is 6.92 Å². The minimum Gasteiger partial charge on any atom is -0.323 e. The fourth-order valence-electron chi connectivity index (χ4n) is 1.44. The maximum Gasteiger partial charge on any atom is 0.107 e. The summed E-state index contributed by atoms with van der Waals surface area (Å²) in [6, 6.07) is 14.1. The summed E-state index contributed by atoms with van der Waals surface area (Å²) in [5.74, 6) is 5.44. The molecule has 0 spiro atoms. The van der Waals surface area contributed by atoms with Crippen molar-refractivity contribution in [2.75, 3.05) is 0 Å². The lowest BCUT2D eigenvalue weighted by molar-refractivity contribution is 1.25. The Morgan fingerprint density at radius 2 is 1.87 bits per heavy atom. The molecule has 0 atom stereocenters. The highest BCUT2D eigenvalue weighted by Gasteiger charge is 2.07. The summed E-state index contributed by atoms with van der Waals surface area (Å²) < 4.78 is 0. The molecule has 0 aliphatic carbocycles. The lowest BCUT2D eigenvalue weighted by Crippen LogP contribution is -2.03. The number of aryl methyl sites for hydroxylation is 1. The molecule has 0 saturated heterocycles. The van der Waals surface area contributed by atoms with E-state index < -0.39 is 0 Å². The Kier molecular flexibility index (Phi) is 2.83. The number of rotatable bonds is 2. The lowest BCUT2D eigenvalue weighted by atomic mass is 10.1. The van der Waals surface area contributed by atoms with Crippen molar-refractivity contribution < 1.29 is 0 Å². The van der Waals surface area contributed by atoms with E-state index in [4.69, 9.17) is 5.84 Å². The summed E-state index contributed by atoms with van der Waals surface area (Å²) in [4.78, 5) is 2.38. The van der Waals surface area contributed by atoms with Gasteiger partial charge in [0.05, 0.1) is 4.88 Å². The van der Waals surface area contributed by atoms with Gasteiger partial charge in [0, 0.05) is 10.4 Å². The topological polar surface area (TPSA) is 38.4 Å². The monoisotopic (exact) mass is 216 g/mol. The number of hydrogen-bond donors (Lipinski definition) is 1. The van der Waals surface area contributed by atoms with Crippen LogP contribution in [0.1, 0.15) is 15.3 Å². The number of hydrogen-bond acceptors (Lipinski definition) is 3. The quantitative estimate of drug-likeness (QED) is 0.468. The minimum atomic E-state index is 0.855. The molecule has 2 nitrogen and oxygen atoms in total. The average molecular weight is 216 g/mol. The van der Waals surface area contributed by atoms with Crippen LogP contribution in [0.15, 0.2) is 47.6 Å². The van der Waals surface area contributed by atoms with Crippen molar-refractivity contribution in [3.05, 3.63) is 57.8 Å². The van der Waals surface area contributed by atoms with E-state index in [1.165, 1.54) is 4.88 Å². The molecule has 0 bridgehead atoms. The van der Waals surface area contributed by atoms with Gasteiger partial charge >= 0.3 is 0 Å². The van der Waals surface area contributed by atoms with E-state index in [9.17, 15) is 0 Å². The van der Waals surface area contributed by atoms with Crippen LogP contribution >= 0.6 is 11.3 Å². The first-order chi connectivity index (χ1) is 7.31. The summed E-state index contributed by atoms with van der Waals surface area (Å²) in [5.41, 5.74) is 1.91. The summed E-state index contributed by atoms with van der Waals surface area (Å²) in [5, 5.41) is 3.87. The zero-order valence-electron chi connectivity index (χ0n) is 8.47. The maximum absolute atomic E-state index is 5.44. The lowest BCUT2D eigenvalue weighted by Gasteiger charge is -2.01. The van der Waals surface area contributed by atoms with Crippen LogP contribution in [-0.2, 0) is 0 Å². The number of benzene rings is 1. The van der Waals surface area contributed by atoms with E-state index in [2.05, 4.69) is 24.2 Å². The van der Waals surface area contributed by atoms with Gasteiger partial charge in [0.2, 0.25) is 0 Å². The molecule has 0 unspecified atom stereocenters. The van der Waals surface area contributed by atoms with Crippen LogP contribution in [0, 0.1) is 6.92 Å². The third-order valence-electron chi connectivity index (χ3n) is 2.15. The molecular weight excluding hydrogens is 204 g/mol. The van der Waals surface area contributed by atoms with Crippen LogP contribution < -0.4 is 5.84 Å². The Morgan fingerprint density at radius 3 is 2.40 bits per heavy atom. The van der Waals surface area contributed by atoms with Crippen molar-refractivity contribution in [1.82, 2.24) is 0 Å². The summed E-state index contributed by atoms with van der Waals surface area (Å²) >= 11 is 1.70. The summed E-state index contributed by atoms with van der Waals surface area (Å²) in [6.45, 7) is 2.08. The van der Waals surface area contributed by atoms with Gasteiger partial charge in [0.25, 0.3) is 0 Å². The Morgan fingerprint density at radius 1 is 1.13 bits per heavy atom. The Balaban J connectivity index is 2.43. The van der Waals surface area contributed by atoms with Crippen molar-refractivity contribution >= 4 is 17.0 Å². The molecule has 76 valence electrons. The maximum atomic E-state index is 5.44. The molecule has 0 amide bonds. The fourth-order valence-corrected chi connectivity index (χ4v) is 2.32. The van der Waals surface area contributed by atoms with Gasteiger partial charge in [-0.1, -0.05) is 30.3 Å². The highest BCUT2D eigenvalue weighted by Crippen LogP contribution is 2.19. The van der Waals surface area contributed by atoms with Gasteiger partial charge in [-0.3, -0.25) is 0 Å². The van der Waals surface area contributed by atoms with Crippen LogP contribution in [0.5, 0.6) is 0 Å². The van der Waals surface area contributed by atoms with Gasteiger partial charge in [0.1, 0.15) is 5.71 Å². The molecule has 0 saturated carbocycles. The average Bonchev–Trinajstić information content (AvgIpc) is 2.68. The third-order valence-corrected chi connectivity index (χ3v) is 3.16. The molecule has 2 N–H and O–H groups in total. The van der Waals surface area contributed by atoms with Crippen LogP contribution in [0.25, 0.3) is 0 Å². The second-order valence-electron chi connectivity index (χ2n) is 3.25. The molecule has 3 heteroatoms. The van der Waals surface area contributed by atoms with Crippen molar-refractivity contribution in [3.8, 4) is 0 Å². The minimum absolute atomic E-state index is 0.855. The molecule has 1 heterocycles. The number of hydrazone groups is 1. The number of nitrogens with two attached hydrogens (primary N) is 1. The molecule has 2 rings (SSSR count). The highest BCUT2D eigenvalue weighted by molar-refractivity contribution is 7.14. The Hall–Kier alpha value is -1.61. The first kappa shape index (κ1) is 9.93. The van der Waals surface area contributed by atoms with E-state index >= 15 is 0 Å². The molecule has 0 aliphatic rings. The molecule has 0 radical (unpaired) electrons. The van der Waals surface area contributed by atoms with Gasteiger partial charge in [-0.2, -0.15) is 5.10 Å². The van der Waals surface area contributed by atoms with Gasteiger partial charge in [-0.15, -0.1) is 11.3 Å². The number of thiophene rings is 1. The second-order valence-corrected chi connectivity index (χ2v) is 4.54. The van der Waals surface area contributed by atoms with Crippen LogP contribution in [0.3, 0.4) is 0 Å². The van der Waals surface area contributed by atoms with Crippen LogP contribution in [-0.4, -0.2) is 5.71 Å². The summed E-state index contributed by atoms with van der Waals surface area (Å²) in [7, 11) is 0. The molecule has 0 aliphatic heterocycles. The predicted molar refractivity (Wildman–Crippen MR) is 65.3 cm³/mol. The molecule has 15 heavy (non-hydrogen) atoms. The SMILES string of the molecule is Cc1ccc(C(=NN)c2ccccc2)s1.